The number of hydrogen-bond acceptors (Lipinski definition) is 3. The van der Waals surface area contributed by atoms with Crippen LogP contribution in [-0.4, -0.2) is 26.0 Å². The summed E-state index contributed by atoms with van der Waals surface area (Å²) in [5, 5.41) is 9.21. The minimum atomic E-state index is -4.08. The van der Waals surface area contributed by atoms with Crippen molar-refractivity contribution in [1.29, 1.82) is 0 Å². The van der Waals surface area contributed by atoms with Crippen molar-refractivity contribution >= 4 is 44.9 Å². The highest BCUT2D eigenvalue weighted by atomic mass is 35.5. The predicted octanol–water partition coefficient (Wildman–Crippen LogP) is 4.19. The summed E-state index contributed by atoms with van der Waals surface area (Å²) in [6.07, 6.45) is -0.147. The maximum Gasteiger partial charge on any atom is 0.303 e. The van der Waals surface area contributed by atoms with Crippen molar-refractivity contribution in [1.82, 2.24) is 0 Å². The lowest BCUT2D eigenvalue weighted by Gasteiger charge is -2.25. The SMILES string of the molecule is O=C(O)CCCN(c1cc(Cl)ccc1Cl)S(=O)(=O)c1ccc(F)cc1. The first-order valence-electron chi connectivity index (χ1n) is 7.17. The number of hydrogen-bond donors (Lipinski definition) is 1. The van der Waals surface area contributed by atoms with Gasteiger partial charge in [-0.2, -0.15) is 0 Å². The molecule has 2 aromatic rings. The zero-order chi connectivity index (χ0) is 18.6. The number of rotatable bonds is 7. The van der Waals surface area contributed by atoms with Crippen LogP contribution in [-0.2, 0) is 14.8 Å². The number of anilines is 1. The van der Waals surface area contributed by atoms with Crippen LogP contribution in [0.2, 0.25) is 10.0 Å². The largest absolute Gasteiger partial charge is 0.481 e. The van der Waals surface area contributed by atoms with Gasteiger partial charge >= 0.3 is 5.97 Å². The number of carboxylic acid groups (broad SMARTS) is 1. The molecule has 2 aromatic carbocycles. The normalized spacial score (nSPS) is 11.3. The maximum atomic E-state index is 13.1. The van der Waals surface area contributed by atoms with E-state index in [2.05, 4.69) is 0 Å². The summed E-state index contributed by atoms with van der Waals surface area (Å²) < 4.78 is 40.0. The van der Waals surface area contributed by atoms with E-state index in [4.69, 9.17) is 28.3 Å². The van der Waals surface area contributed by atoms with Gasteiger partial charge in [0.15, 0.2) is 0 Å². The Labute approximate surface area is 154 Å². The van der Waals surface area contributed by atoms with Gasteiger partial charge in [-0.05, 0) is 48.9 Å². The Balaban J connectivity index is 2.47. The fourth-order valence-corrected chi connectivity index (χ4v) is 4.10. The van der Waals surface area contributed by atoms with Gasteiger partial charge in [-0.25, -0.2) is 12.8 Å². The molecule has 1 N–H and O–H groups in total. The van der Waals surface area contributed by atoms with Gasteiger partial charge in [-0.1, -0.05) is 23.2 Å². The second-order valence-electron chi connectivity index (χ2n) is 5.12. The topological polar surface area (TPSA) is 74.7 Å². The Morgan fingerprint density at radius 2 is 1.76 bits per heavy atom. The van der Waals surface area contributed by atoms with Gasteiger partial charge in [-0.3, -0.25) is 9.10 Å². The summed E-state index contributed by atoms with van der Waals surface area (Å²) in [5.41, 5.74) is 0.129. The number of benzene rings is 2. The molecule has 0 aliphatic carbocycles. The number of carbonyl (C=O) groups is 1. The minimum absolute atomic E-state index is 0.0681. The standard InChI is InChI=1S/C16H14Cl2FNO4S/c17-11-3-8-14(18)15(10-11)20(9-1-2-16(21)22)25(23,24)13-6-4-12(19)5-7-13/h3-8,10H,1-2,9H2,(H,21,22). The first-order valence-corrected chi connectivity index (χ1v) is 9.36. The lowest BCUT2D eigenvalue weighted by atomic mass is 10.3. The van der Waals surface area contributed by atoms with Crippen molar-refractivity contribution in [2.45, 2.75) is 17.7 Å². The maximum absolute atomic E-state index is 13.1. The molecule has 0 atom stereocenters. The van der Waals surface area contributed by atoms with E-state index in [1.54, 1.807) is 0 Å². The highest BCUT2D eigenvalue weighted by Crippen LogP contribution is 2.33. The third kappa shape index (κ3) is 4.84. The number of carboxylic acids is 1. The van der Waals surface area contributed by atoms with Gasteiger partial charge in [0, 0.05) is 18.0 Å². The Morgan fingerprint density at radius 1 is 1.12 bits per heavy atom. The second kappa shape index (κ2) is 8.03. The Kier molecular flexibility index (Phi) is 6.26. The van der Waals surface area contributed by atoms with E-state index in [1.165, 1.54) is 18.2 Å². The quantitative estimate of drug-likeness (QED) is 0.748. The second-order valence-corrected chi connectivity index (χ2v) is 7.83. The fraction of sp³-hybridized carbons (Fsp3) is 0.188. The van der Waals surface area contributed by atoms with Crippen molar-refractivity contribution in [3.8, 4) is 0 Å². The lowest BCUT2D eigenvalue weighted by Crippen LogP contribution is -2.32. The molecule has 5 nitrogen and oxygen atoms in total. The summed E-state index contributed by atoms with van der Waals surface area (Å²) in [5.74, 6) is -1.62. The fourth-order valence-electron chi connectivity index (χ4n) is 2.15. The highest BCUT2D eigenvalue weighted by molar-refractivity contribution is 7.92. The molecule has 0 aliphatic rings. The van der Waals surface area contributed by atoms with Gasteiger partial charge < -0.3 is 5.11 Å². The van der Waals surface area contributed by atoms with E-state index in [-0.39, 0.29) is 40.0 Å². The van der Waals surface area contributed by atoms with Gasteiger partial charge in [0.05, 0.1) is 15.6 Å². The van der Waals surface area contributed by atoms with Gasteiger partial charge in [-0.15, -0.1) is 0 Å². The molecule has 0 radical (unpaired) electrons. The molecule has 0 heterocycles. The monoisotopic (exact) mass is 405 g/mol. The van der Waals surface area contributed by atoms with Gasteiger partial charge in [0.2, 0.25) is 0 Å². The van der Waals surface area contributed by atoms with Crippen LogP contribution in [0.1, 0.15) is 12.8 Å². The van der Waals surface area contributed by atoms with Crippen molar-refractivity contribution in [2.24, 2.45) is 0 Å². The molecule has 0 spiro atoms. The molecule has 0 amide bonds. The smallest absolute Gasteiger partial charge is 0.303 e. The van der Waals surface area contributed by atoms with Crippen molar-refractivity contribution in [2.75, 3.05) is 10.8 Å². The molecule has 0 bridgehead atoms. The van der Waals surface area contributed by atoms with Crippen LogP contribution < -0.4 is 4.31 Å². The third-order valence-electron chi connectivity index (χ3n) is 3.33. The molecule has 0 saturated heterocycles. The molecule has 25 heavy (non-hydrogen) atoms. The van der Waals surface area contributed by atoms with E-state index in [0.29, 0.717) is 0 Å². The van der Waals surface area contributed by atoms with Crippen LogP contribution in [0.5, 0.6) is 0 Å². The molecular weight excluding hydrogens is 392 g/mol. The zero-order valence-corrected chi connectivity index (χ0v) is 15.2. The molecule has 0 aliphatic heterocycles. The molecule has 9 heteroatoms. The molecular formula is C16H14Cl2FNO4S. The van der Waals surface area contributed by atoms with Crippen molar-refractivity contribution in [3.05, 3.63) is 58.3 Å². The summed E-state index contributed by atoms with van der Waals surface area (Å²) in [6, 6.07) is 8.66. The van der Waals surface area contributed by atoms with Crippen LogP contribution in [0.3, 0.4) is 0 Å². The summed E-state index contributed by atoms with van der Waals surface area (Å²) in [4.78, 5) is 10.6. The van der Waals surface area contributed by atoms with E-state index in [0.717, 1.165) is 28.6 Å². The van der Waals surface area contributed by atoms with Gasteiger partial charge in [0.25, 0.3) is 10.0 Å². The number of aliphatic carboxylic acids is 1. The Hall–Kier alpha value is -1.83. The van der Waals surface area contributed by atoms with Gasteiger partial charge in [0.1, 0.15) is 5.82 Å². The number of nitrogens with zero attached hydrogens (tertiary/aromatic N) is 1. The summed E-state index contributed by atoms with van der Waals surface area (Å²) >= 11 is 12.0. The number of sulfonamides is 1. The lowest BCUT2D eigenvalue weighted by molar-refractivity contribution is -0.137. The summed E-state index contributed by atoms with van der Waals surface area (Å²) in [6.45, 7) is -0.119. The van der Waals surface area contributed by atoms with E-state index < -0.39 is 21.8 Å². The zero-order valence-electron chi connectivity index (χ0n) is 12.8. The van der Waals surface area contributed by atoms with E-state index in [9.17, 15) is 17.6 Å². The first kappa shape index (κ1) is 19.5. The molecule has 0 fully saturated rings. The molecule has 0 unspecified atom stereocenters. The minimum Gasteiger partial charge on any atom is -0.481 e. The van der Waals surface area contributed by atoms with Crippen molar-refractivity contribution in [3.63, 3.8) is 0 Å². The van der Waals surface area contributed by atoms with Crippen molar-refractivity contribution < 1.29 is 22.7 Å². The Bertz CT molecular complexity index is 872. The van der Waals surface area contributed by atoms with E-state index in [1.807, 2.05) is 0 Å². The number of halogens is 3. The predicted molar refractivity (Wildman–Crippen MR) is 94.3 cm³/mol. The molecule has 134 valence electrons. The summed E-state index contributed by atoms with van der Waals surface area (Å²) in [7, 11) is -4.08. The first-order chi connectivity index (χ1) is 11.7. The molecule has 2 rings (SSSR count). The third-order valence-corrected chi connectivity index (χ3v) is 5.71. The average molecular weight is 406 g/mol. The van der Waals surface area contributed by atoms with Crippen LogP contribution in [0.25, 0.3) is 0 Å². The highest BCUT2D eigenvalue weighted by Gasteiger charge is 2.27. The average Bonchev–Trinajstić information content (AvgIpc) is 2.54. The van der Waals surface area contributed by atoms with Crippen LogP contribution >= 0.6 is 23.2 Å². The molecule has 0 aromatic heterocycles. The van der Waals surface area contributed by atoms with Crippen LogP contribution in [0.4, 0.5) is 10.1 Å². The van der Waals surface area contributed by atoms with Crippen LogP contribution in [0, 0.1) is 5.82 Å². The van der Waals surface area contributed by atoms with Crippen LogP contribution in [0.15, 0.2) is 47.4 Å². The molecule has 0 saturated carbocycles. The van der Waals surface area contributed by atoms with E-state index >= 15 is 0 Å². The Morgan fingerprint density at radius 3 is 2.36 bits per heavy atom.